The molecule has 6 aromatic heterocycles. The minimum Gasteiger partial charge on any atom is -0.306 e. The molecule has 6 heterocycles. The summed E-state index contributed by atoms with van der Waals surface area (Å²) in [4.78, 5) is 35.4. The van der Waals surface area contributed by atoms with Crippen molar-refractivity contribution in [1.29, 1.82) is 0 Å². The van der Waals surface area contributed by atoms with Gasteiger partial charge in [0, 0.05) is 71.0 Å². The number of rotatable bonds is 6. The molecule has 0 fully saturated rings. The first kappa shape index (κ1) is 63.6. The van der Waals surface area contributed by atoms with Crippen LogP contribution >= 0.6 is 66.7 Å². The van der Waals surface area contributed by atoms with E-state index < -0.39 is 0 Å². The molecule has 0 saturated carbocycles. The highest BCUT2D eigenvalue weighted by Crippen LogP contribution is 2.35. The largest absolute Gasteiger partial charge is 0.306 e. The molecular formula is C82H53Br2Cl3N10. The van der Waals surface area contributed by atoms with Crippen LogP contribution in [0.5, 0.6) is 0 Å². The highest BCUT2D eigenvalue weighted by molar-refractivity contribution is 9.10. The fraction of sp³-hybridized carbons (Fsp3) is 0. The van der Waals surface area contributed by atoms with Gasteiger partial charge in [-0.1, -0.05) is 256 Å². The van der Waals surface area contributed by atoms with Crippen LogP contribution in [0.3, 0.4) is 0 Å². The van der Waals surface area contributed by atoms with Crippen molar-refractivity contribution < 1.29 is 0 Å². The molecule has 18 aromatic rings. The minimum absolute atomic E-state index is 0.275. The third-order valence-electron chi connectivity index (χ3n) is 16.0. The van der Waals surface area contributed by atoms with Gasteiger partial charge in [0.2, 0.25) is 15.9 Å². The third kappa shape index (κ3) is 14.6. The highest BCUT2D eigenvalue weighted by atomic mass is 79.9. The summed E-state index contributed by atoms with van der Waals surface area (Å²) in [7, 11) is 0. The molecule has 10 nitrogen and oxygen atoms in total. The molecule has 0 spiro atoms. The van der Waals surface area contributed by atoms with Gasteiger partial charge >= 0.3 is 0 Å². The number of halogens is 5. The molecule has 0 saturated heterocycles. The van der Waals surface area contributed by atoms with Crippen molar-refractivity contribution in [2.45, 2.75) is 0 Å². The van der Waals surface area contributed by atoms with Gasteiger partial charge in [0.25, 0.3) is 0 Å². The second-order valence-corrected chi connectivity index (χ2v) is 25.1. The average Bonchev–Trinajstić information content (AvgIpc) is 1.78. The van der Waals surface area contributed by atoms with Gasteiger partial charge in [-0.25, -0.2) is 39.9 Å². The van der Waals surface area contributed by atoms with Crippen LogP contribution in [0.15, 0.2) is 331 Å². The molecule has 12 aromatic carbocycles. The number of aromatic nitrogens is 10. The SMILES string of the molecule is Brc1ccc(-c2cn3ccccc3n2)cc1.Brc1ccc(-c2nc3ccccc3n2-c2ccccc2)cc1.Clc1nc(-c2ccc3ccccc3c2)c2ccccc2n1.Clc1nc(-c2cccc3ccccc23)c2ccccc2n1.Clc1nc(-c2ccccc2)c2ccccc2n1. The quantitative estimate of drug-likeness (QED) is 0.151. The number of benzene rings is 12. The molecule has 0 radical (unpaired) electrons. The van der Waals surface area contributed by atoms with Crippen LogP contribution in [0.1, 0.15) is 0 Å². The van der Waals surface area contributed by atoms with Crippen LogP contribution in [0.4, 0.5) is 0 Å². The summed E-state index contributed by atoms with van der Waals surface area (Å²) in [5.74, 6) is 0.958. The molecule has 466 valence electrons. The van der Waals surface area contributed by atoms with Crippen molar-refractivity contribution in [2.24, 2.45) is 0 Å². The number of imidazole rings is 2. The predicted molar refractivity (Wildman–Crippen MR) is 407 cm³/mol. The summed E-state index contributed by atoms with van der Waals surface area (Å²) in [6, 6.07) is 104. The molecule has 0 aliphatic heterocycles. The number of fused-ring (bicyclic) bond motifs is 7. The molecule has 0 atom stereocenters. The minimum atomic E-state index is 0.275. The van der Waals surface area contributed by atoms with Crippen molar-refractivity contribution in [1.82, 2.24) is 48.8 Å². The Balaban J connectivity index is 0.000000104. The lowest BCUT2D eigenvalue weighted by Crippen LogP contribution is -1.97. The van der Waals surface area contributed by atoms with E-state index in [1.807, 2.05) is 205 Å². The molecule has 0 aliphatic rings. The van der Waals surface area contributed by atoms with E-state index in [-0.39, 0.29) is 15.9 Å². The Hall–Kier alpha value is -10.8. The van der Waals surface area contributed by atoms with Gasteiger partial charge < -0.3 is 4.40 Å². The molecule has 0 amide bonds. The Morgan fingerprint density at radius 1 is 0.299 bits per heavy atom. The number of nitrogens with zero attached hydrogens (tertiary/aromatic N) is 10. The van der Waals surface area contributed by atoms with Crippen LogP contribution in [0.2, 0.25) is 15.9 Å². The predicted octanol–water partition coefficient (Wildman–Crippen LogP) is 23.4. The molecule has 18 rings (SSSR count). The Bertz CT molecular complexity index is 5760. The maximum absolute atomic E-state index is 6.10. The molecule has 15 heteroatoms. The first-order chi connectivity index (χ1) is 47.6. The summed E-state index contributed by atoms with van der Waals surface area (Å²) in [5.41, 5.74) is 15.8. The van der Waals surface area contributed by atoms with Crippen LogP contribution in [-0.2, 0) is 0 Å². The van der Waals surface area contributed by atoms with Crippen LogP contribution in [0.25, 0.3) is 133 Å². The van der Waals surface area contributed by atoms with Crippen LogP contribution in [0, 0.1) is 0 Å². The van der Waals surface area contributed by atoms with E-state index in [0.29, 0.717) is 0 Å². The van der Waals surface area contributed by atoms with Gasteiger partial charge in [-0.3, -0.25) is 4.57 Å². The summed E-state index contributed by atoms with van der Waals surface area (Å²) in [5, 5.41) is 8.63. The number of para-hydroxylation sites is 6. The molecule has 0 bridgehead atoms. The van der Waals surface area contributed by atoms with Gasteiger partial charge in [0.05, 0.1) is 50.4 Å². The first-order valence-corrected chi connectivity index (χ1v) is 33.6. The zero-order valence-corrected chi connectivity index (χ0v) is 56.9. The smallest absolute Gasteiger partial charge is 0.223 e. The zero-order valence-electron chi connectivity index (χ0n) is 51.5. The molecule has 0 N–H and O–H groups in total. The Kier molecular flexibility index (Phi) is 19.3. The average molecular weight is 1440 g/mol. The Morgan fingerprint density at radius 3 is 1.38 bits per heavy atom. The van der Waals surface area contributed by atoms with E-state index in [4.69, 9.17) is 39.8 Å². The van der Waals surface area contributed by atoms with E-state index in [2.05, 4.69) is 193 Å². The van der Waals surface area contributed by atoms with Gasteiger partial charge in [0.15, 0.2) is 0 Å². The fourth-order valence-corrected chi connectivity index (χ4v) is 12.6. The van der Waals surface area contributed by atoms with Crippen molar-refractivity contribution in [3.05, 3.63) is 347 Å². The van der Waals surface area contributed by atoms with Crippen molar-refractivity contribution in [2.75, 3.05) is 0 Å². The lowest BCUT2D eigenvalue weighted by molar-refractivity contribution is 1.10. The van der Waals surface area contributed by atoms with E-state index in [1.54, 1.807) is 0 Å². The van der Waals surface area contributed by atoms with E-state index in [0.717, 1.165) is 120 Å². The molecular weight excluding hydrogens is 1390 g/mol. The summed E-state index contributed by atoms with van der Waals surface area (Å²) in [6.07, 6.45) is 4.04. The second-order valence-electron chi connectivity index (χ2n) is 22.2. The van der Waals surface area contributed by atoms with Gasteiger partial charge in [-0.05, 0) is 141 Å². The number of hydrogen-bond acceptors (Lipinski definition) is 8. The lowest BCUT2D eigenvalue weighted by atomic mass is 9.99. The monoisotopic (exact) mass is 1440 g/mol. The van der Waals surface area contributed by atoms with Crippen LogP contribution < -0.4 is 0 Å². The second kappa shape index (κ2) is 29.4. The zero-order chi connectivity index (χ0) is 66.0. The van der Waals surface area contributed by atoms with Crippen molar-refractivity contribution in [3.8, 4) is 62.1 Å². The maximum atomic E-state index is 6.10. The highest BCUT2D eigenvalue weighted by Gasteiger charge is 2.16. The first-order valence-electron chi connectivity index (χ1n) is 30.9. The van der Waals surface area contributed by atoms with E-state index in [1.165, 1.54) is 21.5 Å². The lowest BCUT2D eigenvalue weighted by Gasteiger charge is -2.09. The van der Waals surface area contributed by atoms with Gasteiger partial charge in [-0.15, -0.1) is 0 Å². The molecule has 97 heavy (non-hydrogen) atoms. The Labute approximate surface area is 590 Å². The normalized spacial score (nSPS) is 10.9. The number of pyridine rings is 1. The standard InChI is InChI=1S/C19H13BrN2.2C18H11ClN2.C14H9ClN2.C13H9BrN2/c20-15-12-10-14(11-13-15)19-21-17-8-4-5-9-18(17)22(19)16-6-2-1-3-7-16;19-18-20-16-11-4-3-9-15(16)17(21-18)14-10-5-7-12-6-1-2-8-13(12)14;19-18-20-16-8-4-3-7-15(16)17(21-18)14-10-9-12-5-1-2-6-13(12)11-14;15-14-16-12-9-5-4-8-11(12)13(17-14)10-6-2-1-3-7-10;14-11-6-4-10(5-7-11)12-9-16-8-2-1-3-13(16)15-12/h1-13H;2*1-11H;1-9H;1-9H. The van der Waals surface area contributed by atoms with Gasteiger partial charge in [0.1, 0.15) is 11.5 Å². The Morgan fingerprint density at radius 2 is 0.763 bits per heavy atom. The number of hydrogen-bond donors (Lipinski definition) is 0. The molecule has 0 unspecified atom stereocenters. The summed E-state index contributed by atoms with van der Waals surface area (Å²) >= 11 is 25.0. The topological polar surface area (TPSA) is 112 Å². The third-order valence-corrected chi connectivity index (χ3v) is 17.6. The van der Waals surface area contributed by atoms with Gasteiger partial charge in [-0.2, -0.15) is 0 Å². The summed E-state index contributed by atoms with van der Waals surface area (Å²) in [6.45, 7) is 0. The summed E-state index contributed by atoms with van der Waals surface area (Å²) < 4.78 is 6.38. The van der Waals surface area contributed by atoms with Crippen molar-refractivity contribution in [3.63, 3.8) is 0 Å². The van der Waals surface area contributed by atoms with E-state index in [9.17, 15) is 0 Å². The maximum Gasteiger partial charge on any atom is 0.223 e. The molecule has 0 aliphatic carbocycles. The fourth-order valence-electron chi connectivity index (χ4n) is 11.5. The van der Waals surface area contributed by atoms with Crippen LogP contribution in [-0.4, -0.2) is 48.8 Å². The van der Waals surface area contributed by atoms with E-state index >= 15 is 0 Å². The van der Waals surface area contributed by atoms with Crippen molar-refractivity contribution >= 4 is 138 Å².